The molecule has 2 unspecified atom stereocenters. The molecule has 2 saturated heterocycles. The first-order valence-electron chi connectivity index (χ1n) is 10.9. The quantitative estimate of drug-likeness (QED) is 0.644. The third kappa shape index (κ3) is 4.67. The fourth-order valence-corrected chi connectivity index (χ4v) is 4.32. The summed E-state index contributed by atoms with van der Waals surface area (Å²) in [5.74, 6) is 0. The molecule has 0 spiro atoms. The lowest BCUT2D eigenvalue weighted by atomic mass is 9.94. The van der Waals surface area contributed by atoms with Crippen molar-refractivity contribution in [1.82, 2.24) is 4.98 Å². The third-order valence-electron chi connectivity index (χ3n) is 5.91. The van der Waals surface area contributed by atoms with Gasteiger partial charge in [0.2, 0.25) is 0 Å². The summed E-state index contributed by atoms with van der Waals surface area (Å²) in [4.78, 5) is 4.06. The van der Waals surface area contributed by atoms with Crippen LogP contribution in [0.3, 0.4) is 0 Å². The summed E-state index contributed by atoms with van der Waals surface area (Å²) in [5, 5.41) is 19.4. The molecule has 0 amide bonds. The van der Waals surface area contributed by atoms with Crippen molar-refractivity contribution in [3.63, 3.8) is 0 Å². The van der Waals surface area contributed by atoms with Crippen LogP contribution in [0.2, 0.25) is 0 Å². The van der Waals surface area contributed by atoms with Crippen molar-refractivity contribution < 1.29 is 24.1 Å². The van der Waals surface area contributed by atoms with E-state index in [1.165, 1.54) is 0 Å². The van der Waals surface area contributed by atoms with Crippen LogP contribution in [0.4, 0.5) is 0 Å². The van der Waals surface area contributed by atoms with Crippen LogP contribution < -0.4 is 0 Å². The number of ether oxygens (including phenoxy) is 4. The van der Waals surface area contributed by atoms with E-state index in [0.717, 1.165) is 16.7 Å². The standard InChI is InChI=1S/C26H24N2O5/c27-15-20-13-17(11-12-28-20)14-21-23-24(33-25(30-21)18-7-3-1-4-8-18)22(16-29)31-26(32-23)19-9-5-2-6-10-19/h1-13,21-26,29H,14,16H2/t21-,22-,23+,24-,25?,26?/m1/s1. The molecule has 6 atom stereocenters. The van der Waals surface area contributed by atoms with E-state index in [0.29, 0.717) is 12.1 Å². The molecular formula is C26H24N2O5. The molecule has 1 aromatic heterocycles. The fraction of sp³-hybridized carbons (Fsp3) is 0.308. The van der Waals surface area contributed by atoms with Crippen molar-refractivity contribution >= 4 is 0 Å². The zero-order valence-electron chi connectivity index (χ0n) is 17.9. The van der Waals surface area contributed by atoms with Crippen molar-refractivity contribution in [2.75, 3.05) is 6.61 Å². The highest BCUT2D eigenvalue weighted by Crippen LogP contribution is 2.41. The van der Waals surface area contributed by atoms with Crippen LogP contribution in [0, 0.1) is 11.3 Å². The van der Waals surface area contributed by atoms with E-state index in [9.17, 15) is 10.4 Å². The largest absolute Gasteiger partial charge is 0.394 e. The first kappa shape index (κ1) is 21.7. The Hall–Kier alpha value is -3.12. The number of aliphatic hydroxyl groups excluding tert-OH is 1. The minimum Gasteiger partial charge on any atom is -0.394 e. The molecule has 0 saturated carbocycles. The summed E-state index contributed by atoms with van der Waals surface area (Å²) < 4.78 is 25.2. The molecule has 0 aliphatic carbocycles. The smallest absolute Gasteiger partial charge is 0.184 e. The lowest BCUT2D eigenvalue weighted by molar-refractivity contribution is -0.384. The molecular weight excluding hydrogens is 420 g/mol. The molecule has 2 aliphatic rings. The van der Waals surface area contributed by atoms with Crippen LogP contribution in [0.5, 0.6) is 0 Å². The molecule has 3 aromatic rings. The summed E-state index contributed by atoms with van der Waals surface area (Å²) in [7, 11) is 0. The van der Waals surface area contributed by atoms with Gasteiger partial charge in [0.1, 0.15) is 30.1 Å². The van der Waals surface area contributed by atoms with Gasteiger partial charge >= 0.3 is 0 Å². The Morgan fingerprint density at radius 1 is 0.788 bits per heavy atom. The molecule has 33 heavy (non-hydrogen) atoms. The highest BCUT2D eigenvalue weighted by atomic mass is 16.8. The van der Waals surface area contributed by atoms with Gasteiger partial charge in [-0.2, -0.15) is 5.26 Å². The Morgan fingerprint density at radius 2 is 1.36 bits per heavy atom. The number of aromatic nitrogens is 1. The topological polar surface area (TPSA) is 93.8 Å². The van der Waals surface area contributed by atoms with Crippen molar-refractivity contribution in [3.05, 3.63) is 101 Å². The molecule has 2 aliphatic heterocycles. The van der Waals surface area contributed by atoms with Crippen molar-refractivity contribution in [2.24, 2.45) is 0 Å². The van der Waals surface area contributed by atoms with Crippen LogP contribution in [0.1, 0.15) is 35.0 Å². The normalized spacial score (nSPS) is 29.1. The number of hydrogen-bond acceptors (Lipinski definition) is 7. The van der Waals surface area contributed by atoms with Gasteiger partial charge in [0.15, 0.2) is 12.6 Å². The molecule has 7 heteroatoms. The Kier molecular flexibility index (Phi) is 6.44. The average molecular weight is 444 g/mol. The molecule has 7 nitrogen and oxygen atoms in total. The summed E-state index contributed by atoms with van der Waals surface area (Å²) >= 11 is 0. The second-order valence-electron chi connectivity index (χ2n) is 8.08. The van der Waals surface area contributed by atoms with E-state index in [1.54, 1.807) is 12.3 Å². The molecule has 3 heterocycles. The van der Waals surface area contributed by atoms with Gasteiger partial charge in [-0.05, 0) is 17.7 Å². The van der Waals surface area contributed by atoms with E-state index in [2.05, 4.69) is 11.1 Å². The maximum atomic E-state index is 10.2. The molecule has 0 bridgehead atoms. The van der Waals surface area contributed by atoms with Gasteiger partial charge in [-0.15, -0.1) is 0 Å². The maximum Gasteiger partial charge on any atom is 0.184 e. The number of aliphatic hydroxyl groups is 1. The zero-order chi connectivity index (χ0) is 22.6. The van der Waals surface area contributed by atoms with Gasteiger partial charge in [-0.25, -0.2) is 4.98 Å². The minimum absolute atomic E-state index is 0.212. The van der Waals surface area contributed by atoms with Crippen LogP contribution in [0.15, 0.2) is 79.0 Å². The predicted octanol–water partition coefficient (Wildman–Crippen LogP) is 3.45. The summed E-state index contributed by atoms with van der Waals surface area (Å²) in [6, 6.07) is 25.0. The van der Waals surface area contributed by atoms with Gasteiger partial charge in [0, 0.05) is 23.7 Å². The fourth-order valence-electron chi connectivity index (χ4n) is 4.32. The van der Waals surface area contributed by atoms with Gasteiger partial charge in [-0.3, -0.25) is 0 Å². The summed E-state index contributed by atoms with van der Waals surface area (Å²) in [5.41, 5.74) is 2.98. The SMILES string of the molecule is N#Cc1cc(C[C@H]2OC(c3ccccc3)O[C@H]3[C@H]2OC(c2ccccc2)O[C@@H]3CO)ccn1. The Balaban J connectivity index is 1.47. The van der Waals surface area contributed by atoms with Gasteiger partial charge in [0.05, 0.1) is 12.7 Å². The number of fused-ring (bicyclic) bond motifs is 1. The summed E-state index contributed by atoms with van der Waals surface area (Å²) in [6.45, 7) is -0.212. The summed E-state index contributed by atoms with van der Waals surface area (Å²) in [6.07, 6.45) is -1.18. The lowest BCUT2D eigenvalue weighted by Crippen LogP contribution is -2.59. The predicted molar refractivity (Wildman–Crippen MR) is 118 cm³/mol. The highest BCUT2D eigenvalue weighted by Gasteiger charge is 2.50. The van der Waals surface area contributed by atoms with E-state index >= 15 is 0 Å². The number of benzene rings is 2. The Bertz CT molecular complexity index is 1100. The number of nitrogens with zero attached hydrogens (tertiary/aromatic N) is 2. The molecule has 0 radical (unpaired) electrons. The van der Waals surface area contributed by atoms with E-state index < -0.39 is 37.0 Å². The van der Waals surface area contributed by atoms with Gasteiger partial charge in [0.25, 0.3) is 0 Å². The number of rotatable bonds is 5. The highest BCUT2D eigenvalue weighted by molar-refractivity contribution is 5.26. The molecule has 1 N–H and O–H groups in total. The van der Waals surface area contributed by atoms with Gasteiger partial charge < -0.3 is 24.1 Å². The molecule has 2 fully saturated rings. The number of hydrogen-bond donors (Lipinski definition) is 1. The molecule has 2 aromatic carbocycles. The molecule has 5 rings (SSSR count). The number of nitriles is 1. The molecule has 168 valence electrons. The van der Waals surface area contributed by atoms with E-state index in [4.69, 9.17) is 18.9 Å². The monoisotopic (exact) mass is 444 g/mol. The zero-order valence-corrected chi connectivity index (χ0v) is 17.9. The van der Waals surface area contributed by atoms with Crippen molar-refractivity contribution in [2.45, 2.75) is 43.4 Å². The first-order chi connectivity index (χ1) is 16.2. The second kappa shape index (κ2) is 9.79. The van der Waals surface area contributed by atoms with Crippen molar-refractivity contribution in [3.8, 4) is 6.07 Å². The Labute approximate surface area is 192 Å². The van der Waals surface area contributed by atoms with Gasteiger partial charge in [-0.1, -0.05) is 60.7 Å². The number of pyridine rings is 1. The Morgan fingerprint density at radius 3 is 1.94 bits per heavy atom. The van der Waals surface area contributed by atoms with Crippen LogP contribution in [0.25, 0.3) is 0 Å². The van der Waals surface area contributed by atoms with Crippen LogP contribution in [-0.2, 0) is 25.4 Å². The first-order valence-corrected chi connectivity index (χ1v) is 10.9. The van der Waals surface area contributed by atoms with Crippen LogP contribution >= 0.6 is 0 Å². The minimum atomic E-state index is -0.653. The third-order valence-corrected chi connectivity index (χ3v) is 5.91. The van der Waals surface area contributed by atoms with Crippen molar-refractivity contribution in [1.29, 1.82) is 5.26 Å². The second-order valence-corrected chi connectivity index (χ2v) is 8.08. The van der Waals surface area contributed by atoms with Crippen LogP contribution in [-0.4, -0.2) is 41.1 Å². The average Bonchev–Trinajstić information content (AvgIpc) is 2.89. The van der Waals surface area contributed by atoms with E-state index in [1.807, 2.05) is 66.7 Å². The van der Waals surface area contributed by atoms with E-state index in [-0.39, 0.29) is 6.61 Å². The lowest BCUT2D eigenvalue weighted by Gasteiger charge is -2.49. The maximum absolute atomic E-state index is 10.2.